The topological polar surface area (TPSA) is 9.23 Å². The van der Waals surface area contributed by atoms with Crippen LogP contribution in [0.2, 0.25) is 0 Å². The highest BCUT2D eigenvalue weighted by Crippen LogP contribution is 2.53. The fraction of sp³-hybridized carbons (Fsp3) is 0.647. The van der Waals surface area contributed by atoms with Gasteiger partial charge in [0.25, 0.3) is 0 Å². The molecule has 1 aliphatic heterocycles. The van der Waals surface area contributed by atoms with E-state index >= 15 is 0 Å². The van der Waals surface area contributed by atoms with E-state index in [0.29, 0.717) is 0 Å². The molecule has 1 aromatic rings. The van der Waals surface area contributed by atoms with Crippen LogP contribution in [0.15, 0.2) is 18.2 Å². The number of hydrogen-bond acceptors (Lipinski definition) is 3. The lowest BCUT2D eigenvalue weighted by Crippen LogP contribution is -2.26. The van der Waals surface area contributed by atoms with Crippen LogP contribution in [0.5, 0.6) is 5.75 Å². The molecule has 1 heterocycles. The predicted molar refractivity (Wildman–Crippen MR) is 91.1 cm³/mol. The van der Waals surface area contributed by atoms with E-state index < -0.39 is 0 Å². The fourth-order valence-electron chi connectivity index (χ4n) is 3.60. The summed E-state index contributed by atoms with van der Waals surface area (Å²) in [7, 11) is 0. The van der Waals surface area contributed by atoms with Gasteiger partial charge < -0.3 is 4.74 Å². The van der Waals surface area contributed by atoms with Crippen LogP contribution in [0, 0.1) is 0 Å². The van der Waals surface area contributed by atoms with Gasteiger partial charge in [0.05, 0.1) is 10.7 Å². The molecule has 0 atom stereocenters. The van der Waals surface area contributed by atoms with Crippen molar-refractivity contribution in [2.24, 2.45) is 0 Å². The SMILES string of the molecule is CSC1(SC)CCOc2ccc(C3CCCCC3)cc21. The second-order valence-electron chi connectivity index (χ2n) is 5.85. The second-order valence-corrected chi connectivity index (χ2v) is 8.32. The Balaban J connectivity index is 1.96. The maximum atomic E-state index is 5.90. The maximum Gasteiger partial charge on any atom is 0.124 e. The first-order valence-corrected chi connectivity index (χ1v) is 10.1. The Hall–Kier alpha value is -0.280. The molecule has 1 nitrogen and oxygen atoms in total. The van der Waals surface area contributed by atoms with E-state index in [2.05, 4.69) is 30.7 Å². The van der Waals surface area contributed by atoms with E-state index in [0.717, 1.165) is 24.7 Å². The summed E-state index contributed by atoms with van der Waals surface area (Å²) in [6.45, 7) is 0.845. The van der Waals surface area contributed by atoms with Crippen LogP contribution in [0.3, 0.4) is 0 Å². The van der Waals surface area contributed by atoms with Crippen LogP contribution in [0.25, 0.3) is 0 Å². The van der Waals surface area contributed by atoms with Crippen LogP contribution in [-0.2, 0) is 4.08 Å². The first-order valence-electron chi connectivity index (χ1n) is 7.66. The van der Waals surface area contributed by atoms with E-state index in [1.165, 1.54) is 37.7 Å². The van der Waals surface area contributed by atoms with Crippen molar-refractivity contribution >= 4 is 23.5 Å². The summed E-state index contributed by atoms with van der Waals surface area (Å²) < 4.78 is 6.09. The monoisotopic (exact) mass is 308 g/mol. The number of thioether (sulfide) groups is 2. The van der Waals surface area contributed by atoms with Crippen LogP contribution in [-0.4, -0.2) is 19.1 Å². The third kappa shape index (κ3) is 2.59. The third-order valence-corrected chi connectivity index (χ3v) is 8.01. The van der Waals surface area contributed by atoms with Crippen molar-refractivity contribution in [1.82, 2.24) is 0 Å². The minimum absolute atomic E-state index is 0.193. The van der Waals surface area contributed by atoms with Crippen molar-refractivity contribution in [3.05, 3.63) is 29.3 Å². The molecule has 20 heavy (non-hydrogen) atoms. The van der Waals surface area contributed by atoms with Crippen molar-refractivity contribution in [1.29, 1.82) is 0 Å². The molecule has 0 N–H and O–H groups in total. The number of fused-ring (bicyclic) bond motifs is 1. The number of rotatable bonds is 3. The minimum atomic E-state index is 0.193. The Labute approximate surface area is 131 Å². The Morgan fingerprint density at radius 2 is 1.85 bits per heavy atom. The molecule has 1 fully saturated rings. The molecule has 2 aliphatic rings. The molecule has 0 unspecified atom stereocenters. The molecule has 3 heteroatoms. The van der Waals surface area contributed by atoms with Gasteiger partial charge in [0.15, 0.2) is 0 Å². The maximum absolute atomic E-state index is 5.90. The molecule has 3 rings (SSSR count). The molecular weight excluding hydrogens is 284 g/mol. The zero-order valence-electron chi connectivity index (χ0n) is 12.5. The van der Waals surface area contributed by atoms with Crippen molar-refractivity contribution in [2.75, 3.05) is 19.1 Å². The largest absolute Gasteiger partial charge is 0.493 e. The summed E-state index contributed by atoms with van der Waals surface area (Å²) in [4.78, 5) is 0. The highest BCUT2D eigenvalue weighted by molar-refractivity contribution is 8.16. The van der Waals surface area contributed by atoms with Gasteiger partial charge in [0, 0.05) is 12.0 Å². The molecule has 0 bridgehead atoms. The summed E-state index contributed by atoms with van der Waals surface area (Å²) in [5.41, 5.74) is 2.97. The van der Waals surface area contributed by atoms with E-state index in [1.807, 2.05) is 23.5 Å². The molecule has 1 aliphatic carbocycles. The van der Waals surface area contributed by atoms with Crippen molar-refractivity contribution in [2.45, 2.75) is 48.5 Å². The van der Waals surface area contributed by atoms with Gasteiger partial charge >= 0.3 is 0 Å². The van der Waals surface area contributed by atoms with Gasteiger partial charge in [-0.2, -0.15) is 0 Å². The van der Waals surface area contributed by atoms with Crippen LogP contribution in [0.1, 0.15) is 55.6 Å². The second kappa shape index (κ2) is 6.23. The lowest BCUT2D eigenvalue weighted by molar-refractivity contribution is 0.280. The standard InChI is InChI=1S/C17H24OS2/c1-19-17(20-2)10-11-18-16-9-8-14(12-15(16)17)13-6-4-3-5-7-13/h8-9,12-13H,3-7,10-11H2,1-2H3. The average molecular weight is 309 g/mol. The average Bonchev–Trinajstić information content (AvgIpc) is 2.54. The summed E-state index contributed by atoms with van der Waals surface area (Å²) >= 11 is 3.95. The Morgan fingerprint density at radius 3 is 2.55 bits per heavy atom. The predicted octanol–water partition coefficient (Wildman–Crippen LogP) is 5.40. The third-order valence-electron chi connectivity index (χ3n) is 4.84. The first kappa shape index (κ1) is 14.6. The van der Waals surface area contributed by atoms with E-state index in [9.17, 15) is 0 Å². The van der Waals surface area contributed by atoms with Crippen LogP contribution in [0.4, 0.5) is 0 Å². The number of benzene rings is 1. The van der Waals surface area contributed by atoms with E-state index in [-0.39, 0.29) is 4.08 Å². The van der Waals surface area contributed by atoms with Crippen molar-refractivity contribution < 1.29 is 4.74 Å². The molecule has 0 saturated heterocycles. The van der Waals surface area contributed by atoms with Gasteiger partial charge in [0.2, 0.25) is 0 Å². The molecule has 110 valence electrons. The molecule has 1 aromatic carbocycles. The van der Waals surface area contributed by atoms with E-state index in [1.54, 1.807) is 5.56 Å². The van der Waals surface area contributed by atoms with Gasteiger partial charge in [-0.05, 0) is 49.0 Å². The summed E-state index contributed by atoms with van der Waals surface area (Å²) in [6.07, 6.45) is 12.5. The smallest absolute Gasteiger partial charge is 0.124 e. The lowest BCUT2D eigenvalue weighted by atomic mass is 9.83. The first-order chi connectivity index (χ1) is 9.79. The normalized spacial score (nSPS) is 22.1. The van der Waals surface area contributed by atoms with Gasteiger partial charge in [-0.15, -0.1) is 23.5 Å². The number of ether oxygens (including phenoxy) is 1. The highest BCUT2D eigenvalue weighted by Gasteiger charge is 2.37. The zero-order valence-corrected chi connectivity index (χ0v) is 14.1. The molecular formula is C17H24OS2. The fourth-order valence-corrected chi connectivity index (χ4v) is 5.60. The summed E-state index contributed by atoms with van der Waals surface area (Å²) in [5.74, 6) is 1.89. The quantitative estimate of drug-likeness (QED) is 0.692. The minimum Gasteiger partial charge on any atom is -0.493 e. The Kier molecular flexibility index (Phi) is 4.56. The van der Waals surface area contributed by atoms with Gasteiger partial charge in [-0.3, -0.25) is 0 Å². The van der Waals surface area contributed by atoms with Gasteiger partial charge in [-0.25, -0.2) is 0 Å². The van der Waals surface area contributed by atoms with Crippen LogP contribution < -0.4 is 4.74 Å². The van der Waals surface area contributed by atoms with Gasteiger partial charge in [0.1, 0.15) is 5.75 Å². The molecule has 0 radical (unpaired) electrons. The summed E-state index contributed by atoms with van der Waals surface area (Å²) in [5, 5.41) is 0. The van der Waals surface area contributed by atoms with Crippen LogP contribution >= 0.6 is 23.5 Å². The molecule has 0 spiro atoms. The Bertz CT molecular complexity index is 462. The van der Waals surface area contributed by atoms with E-state index in [4.69, 9.17) is 4.74 Å². The summed E-state index contributed by atoms with van der Waals surface area (Å²) in [6, 6.07) is 6.99. The van der Waals surface area contributed by atoms with Crippen molar-refractivity contribution in [3.63, 3.8) is 0 Å². The zero-order chi connectivity index (χ0) is 14.0. The molecule has 1 saturated carbocycles. The van der Waals surface area contributed by atoms with Crippen molar-refractivity contribution in [3.8, 4) is 5.75 Å². The molecule has 0 aromatic heterocycles. The highest BCUT2D eigenvalue weighted by atomic mass is 32.2. The lowest BCUT2D eigenvalue weighted by Gasteiger charge is -2.37. The Morgan fingerprint density at radius 1 is 1.10 bits per heavy atom. The molecule has 0 amide bonds. The number of hydrogen-bond donors (Lipinski definition) is 0. The van der Waals surface area contributed by atoms with Gasteiger partial charge in [-0.1, -0.05) is 25.3 Å².